The third-order valence-corrected chi connectivity index (χ3v) is 2.12. The van der Waals surface area contributed by atoms with Crippen molar-refractivity contribution in [1.29, 1.82) is 0 Å². The van der Waals surface area contributed by atoms with Crippen LogP contribution in [0.4, 0.5) is 0 Å². The summed E-state index contributed by atoms with van der Waals surface area (Å²) in [5, 5.41) is 0. The minimum Gasteiger partial charge on any atom is -0.333 e. The SMILES string of the molecule is C[C@]1(C=O)CCCN1C=O. The van der Waals surface area contributed by atoms with Gasteiger partial charge < -0.3 is 9.69 Å². The Labute approximate surface area is 60.0 Å². The van der Waals surface area contributed by atoms with Gasteiger partial charge >= 0.3 is 0 Å². The van der Waals surface area contributed by atoms with E-state index in [9.17, 15) is 9.59 Å². The number of nitrogens with zero attached hydrogens (tertiary/aromatic N) is 1. The molecule has 0 aromatic carbocycles. The predicted molar refractivity (Wildman–Crippen MR) is 36.5 cm³/mol. The molecular formula is C7H11NO2. The maximum atomic E-state index is 10.5. The summed E-state index contributed by atoms with van der Waals surface area (Å²) in [6.07, 6.45) is 3.35. The van der Waals surface area contributed by atoms with E-state index in [4.69, 9.17) is 0 Å². The molecule has 0 N–H and O–H groups in total. The summed E-state index contributed by atoms with van der Waals surface area (Å²) in [6.45, 7) is 2.51. The molecule has 0 spiro atoms. The van der Waals surface area contributed by atoms with Crippen LogP contribution in [0.15, 0.2) is 0 Å². The standard InChI is InChI=1S/C7H11NO2/c1-7(5-9)3-2-4-8(7)6-10/h5-6H,2-4H2,1H3/t7-/m1/s1. The van der Waals surface area contributed by atoms with Crippen molar-refractivity contribution in [2.45, 2.75) is 25.3 Å². The van der Waals surface area contributed by atoms with E-state index in [1.165, 1.54) is 0 Å². The summed E-state index contributed by atoms with van der Waals surface area (Å²) in [5.41, 5.74) is -0.512. The van der Waals surface area contributed by atoms with E-state index in [1.807, 2.05) is 0 Å². The molecule has 0 aliphatic carbocycles. The molecule has 1 atom stereocenters. The second-order valence-corrected chi connectivity index (χ2v) is 2.88. The van der Waals surface area contributed by atoms with E-state index >= 15 is 0 Å². The van der Waals surface area contributed by atoms with Crippen molar-refractivity contribution >= 4 is 12.7 Å². The van der Waals surface area contributed by atoms with Crippen LogP contribution >= 0.6 is 0 Å². The number of amides is 1. The number of hydrogen-bond acceptors (Lipinski definition) is 2. The number of carbonyl (C=O) groups is 2. The number of carbonyl (C=O) groups excluding carboxylic acids is 2. The molecular weight excluding hydrogens is 130 g/mol. The average Bonchev–Trinajstić information content (AvgIpc) is 2.32. The lowest BCUT2D eigenvalue weighted by Crippen LogP contribution is -2.41. The number of aldehydes is 1. The molecule has 1 fully saturated rings. The molecule has 0 saturated carbocycles. The smallest absolute Gasteiger partial charge is 0.210 e. The Morgan fingerprint density at radius 1 is 1.50 bits per heavy atom. The van der Waals surface area contributed by atoms with Gasteiger partial charge in [0.25, 0.3) is 0 Å². The molecule has 1 aliphatic rings. The van der Waals surface area contributed by atoms with Gasteiger partial charge in [-0.3, -0.25) is 4.79 Å². The number of likely N-dealkylation sites (tertiary alicyclic amines) is 1. The fourth-order valence-corrected chi connectivity index (χ4v) is 1.31. The highest BCUT2D eigenvalue weighted by atomic mass is 16.1. The summed E-state index contributed by atoms with van der Waals surface area (Å²) in [6, 6.07) is 0. The predicted octanol–water partition coefficient (Wildman–Crippen LogP) is 0.196. The lowest BCUT2D eigenvalue weighted by Gasteiger charge is -2.25. The molecule has 3 nitrogen and oxygen atoms in total. The summed E-state index contributed by atoms with van der Waals surface area (Å²) in [7, 11) is 0. The molecule has 10 heavy (non-hydrogen) atoms. The van der Waals surface area contributed by atoms with Crippen LogP contribution in [-0.2, 0) is 9.59 Å². The molecule has 56 valence electrons. The Bertz CT molecular complexity index is 158. The van der Waals surface area contributed by atoms with Gasteiger partial charge in [0.2, 0.25) is 6.41 Å². The van der Waals surface area contributed by atoms with Gasteiger partial charge in [0, 0.05) is 6.54 Å². The molecule has 0 aromatic rings. The van der Waals surface area contributed by atoms with Gasteiger partial charge in [-0.25, -0.2) is 0 Å². The van der Waals surface area contributed by atoms with Crippen molar-refractivity contribution in [2.24, 2.45) is 0 Å². The van der Waals surface area contributed by atoms with Crippen molar-refractivity contribution in [1.82, 2.24) is 4.90 Å². The van der Waals surface area contributed by atoms with Crippen LogP contribution in [0, 0.1) is 0 Å². The van der Waals surface area contributed by atoms with E-state index in [2.05, 4.69) is 0 Å². The summed E-state index contributed by atoms with van der Waals surface area (Å²) in [4.78, 5) is 22.4. The zero-order valence-electron chi connectivity index (χ0n) is 6.04. The van der Waals surface area contributed by atoms with Gasteiger partial charge in [-0.05, 0) is 19.8 Å². The third kappa shape index (κ3) is 0.916. The summed E-state index contributed by atoms with van der Waals surface area (Å²) in [5.74, 6) is 0. The Balaban J connectivity index is 2.74. The highest BCUT2D eigenvalue weighted by Crippen LogP contribution is 2.24. The first-order chi connectivity index (χ1) is 4.73. The molecule has 1 saturated heterocycles. The minimum atomic E-state index is -0.512. The van der Waals surface area contributed by atoms with Gasteiger partial charge in [0.15, 0.2) is 0 Å². The Kier molecular flexibility index (Phi) is 1.74. The number of rotatable bonds is 2. The van der Waals surface area contributed by atoms with Crippen LogP contribution in [0.1, 0.15) is 19.8 Å². The fraction of sp³-hybridized carbons (Fsp3) is 0.714. The largest absolute Gasteiger partial charge is 0.333 e. The number of hydrogen-bond donors (Lipinski definition) is 0. The molecule has 3 heteroatoms. The zero-order chi connectivity index (χ0) is 7.61. The molecule has 1 heterocycles. The van der Waals surface area contributed by atoms with Crippen LogP contribution in [0.2, 0.25) is 0 Å². The van der Waals surface area contributed by atoms with Gasteiger partial charge in [0.1, 0.15) is 6.29 Å². The second kappa shape index (κ2) is 2.40. The van der Waals surface area contributed by atoms with E-state index in [-0.39, 0.29) is 0 Å². The minimum absolute atomic E-state index is 0.512. The molecule has 1 rings (SSSR count). The normalized spacial score (nSPS) is 32.3. The molecule has 1 aliphatic heterocycles. The van der Waals surface area contributed by atoms with Crippen molar-refractivity contribution in [3.63, 3.8) is 0 Å². The average molecular weight is 141 g/mol. The van der Waals surface area contributed by atoms with Gasteiger partial charge in [-0.2, -0.15) is 0 Å². The topological polar surface area (TPSA) is 37.4 Å². The van der Waals surface area contributed by atoms with Gasteiger partial charge in [-0.15, -0.1) is 0 Å². The molecule has 1 amide bonds. The molecule has 0 unspecified atom stereocenters. The lowest BCUT2D eigenvalue weighted by molar-refractivity contribution is -0.128. The van der Waals surface area contributed by atoms with Crippen LogP contribution < -0.4 is 0 Å². The van der Waals surface area contributed by atoms with E-state index in [0.717, 1.165) is 32.1 Å². The monoisotopic (exact) mass is 141 g/mol. The maximum absolute atomic E-state index is 10.5. The highest BCUT2D eigenvalue weighted by Gasteiger charge is 2.34. The summed E-state index contributed by atoms with van der Waals surface area (Å²) >= 11 is 0. The molecule has 0 radical (unpaired) electrons. The summed E-state index contributed by atoms with van der Waals surface area (Å²) < 4.78 is 0. The van der Waals surface area contributed by atoms with Crippen molar-refractivity contribution in [2.75, 3.05) is 6.54 Å². The van der Waals surface area contributed by atoms with E-state index in [1.54, 1.807) is 11.8 Å². The van der Waals surface area contributed by atoms with Gasteiger partial charge in [0.05, 0.1) is 5.54 Å². The van der Waals surface area contributed by atoms with E-state index in [0.29, 0.717) is 0 Å². The lowest BCUT2D eigenvalue weighted by atomic mass is 10.0. The van der Waals surface area contributed by atoms with Crippen LogP contribution in [-0.4, -0.2) is 29.7 Å². The van der Waals surface area contributed by atoms with E-state index < -0.39 is 5.54 Å². The Morgan fingerprint density at radius 2 is 2.20 bits per heavy atom. The quantitative estimate of drug-likeness (QED) is 0.515. The van der Waals surface area contributed by atoms with Crippen LogP contribution in [0.3, 0.4) is 0 Å². The third-order valence-electron chi connectivity index (χ3n) is 2.12. The van der Waals surface area contributed by atoms with Gasteiger partial charge in [-0.1, -0.05) is 0 Å². The van der Waals surface area contributed by atoms with Crippen molar-refractivity contribution < 1.29 is 9.59 Å². The van der Waals surface area contributed by atoms with Crippen molar-refractivity contribution in [3.8, 4) is 0 Å². The first-order valence-corrected chi connectivity index (χ1v) is 3.41. The maximum Gasteiger partial charge on any atom is 0.210 e. The Hall–Kier alpha value is -0.860. The molecule has 0 aromatic heterocycles. The Morgan fingerprint density at radius 3 is 2.60 bits per heavy atom. The highest BCUT2D eigenvalue weighted by molar-refractivity contribution is 5.69. The molecule has 0 bridgehead atoms. The fourth-order valence-electron chi connectivity index (χ4n) is 1.31. The van der Waals surface area contributed by atoms with Crippen LogP contribution in [0.25, 0.3) is 0 Å². The first-order valence-electron chi connectivity index (χ1n) is 3.41. The van der Waals surface area contributed by atoms with Crippen LogP contribution in [0.5, 0.6) is 0 Å². The van der Waals surface area contributed by atoms with Crippen molar-refractivity contribution in [3.05, 3.63) is 0 Å². The second-order valence-electron chi connectivity index (χ2n) is 2.88. The zero-order valence-corrected chi connectivity index (χ0v) is 6.04. The first kappa shape index (κ1) is 7.25.